The number of hydrogen-bond acceptors (Lipinski definition) is 0. The fraction of sp³-hybridized carbons (Fsp3) is 0.167. The van der Waals surface area contributed by atoms with Crippen molar-refractivity contribution in [3.05, 3.63) is 210 Å². The third-order valence-corrected chi connectivity index (χ3v) is 14.9. The summed E-state index contributed by atoms with van der Waals surface area (Å²) in [6.07, 6.45) is 16.3. The smallest absolute Gasteiger partial charge is 0.0121 e. The van der Waals surface area contributed by atoms with Gasteiger partial charge in [0.25, 0.3) is 0 Å². The van der Waals surface area contributed by atoms with Gasteiger partial charge in [-0.1, -0.05) is 197 Å². The van der Waals surface area contributed by atoms with Crippen LogP contribution in [0, 0.1) is 5.92 Å². The summed E-state index contributed by atoms with van der Waals surface area (Å²) < 4.78 is 0. The molecule has 8 aromatic rings. The molecule has 0 heterocycles. The van der Waals surface area contributed by atoms with Gasteiger partial charge in [-0.3, -0.25) is 0 Å². The number of hydrogen-bond donors (Lipinski definition) is 0. The fourth-order valence-electron chi connectivity index (χ4n) is 11.8. The predicted molar refractivity (Wildman–Crippen MR) is 257 cm³/mol. The number of benzene rings is 8. The zero-order valence-electron chi connectivity index (χ0n) is 34.9. The van der Waals surface area contributed by atoms with E-state index in [1.807, 2.05) is 0 Å². The van der Waals surface area contributed by atoms with Gasteiger partial charge in [0.2, 0.25) is 0 Å². The van der Waals surface area contributed by atoms with Crippen LogP contribution in [-0.4, -0.2) is 0 Å². The van der Waals surface area contributed by atoms with Crippen LogP contribution >= 0.6 is 0 Å². The maximum atomic E-state index is 2.54. The van der Waals surface area contributed by atoms with Crippen molar-refractivity contribution in [2.24, 2.45) is 5.92 Å². The van der Waals surface area contributed by atoms with E-state index in [9.17, 15) is 0 Å². The first kappa shape index (κ1) is 35.4. The van der Waals surface area contributed by atoms with E-state index in [1.165, 1.54) is 105 Å². The molecule has 2 atom stereocenters. The lowest BCUT2D eigenvalue weighted by atomic mass is 9.74. The summed E-state index contributed by atoms with van der Waals surface area (Å²) in [5.74, 6) is 0.880. The fourth-order valence-corrected chi connectivity index (χ4v) is 11.8. The topological polar surface area (TPSA) is 0 Å². The third-order valence-electron chi connectivity index (χ3n) is 14.9. The van der Waals surface area contributed by atoms with E-state index in [0.29, 0.717) is 11.8 Å². The minimum Gasteiger partial charge on any atom is -0.0836 e. The average Bonchev–Trinajstić information content (AvgIpc) is 3.66. The van der Waals surface area contributed by atoms with E-state index in [-0.39, 0.29) is 10.8 Å². The van der Waals surface area contributed by atoms with Crippen LogP contribution < -0.4 is 0 Å². The van der Waals surface area contributed by atoms with Crippen LogP contribution in [0.2, 0.25) is 0 Å². The van der Waals surface area contributed by atoms with Crippen LogP contribution in [0.4, 0.5) is 0 Å². The largest absolute Gasteiger partial charge is 0.0836 e. The molecule has 0 amide bonds. The molecule has 0 aromatic heterocycles. The highest BCUT2D eigenvalue weighted by atomic mass is 14.5. The highest BCUT2D eigenvalue weighted by Crippen LogP contribution is 2.56. The zero-order chi connectivity index (χ0) is 40.3. The Kier molecular flexibility index (Phi) is 7.68. The van der Waals surface area contributed by atoms with Crippen LogP contribution in [0.1, 0.15) is 68.7 Å². The van der Waals surface area contributed by atoms with Gasteiger partial charge in [0.1, 0.15) is 0 Å². The summed E-state index contributed by atoms with van der Waals surface area (Å²) in [6.45, 7) is 9.74. The van der Waals surface area contributed by atoms with Gasteiger partial charge in [-0.15, -0.1) is 0 Å². The van der Waals surface area contributed by atoms with Crippen LogP contribution in [0.3, 0.4) is 0 Å². The highest BCUT2D eigenvalue weighted by Gasteiger charge is 2.44. The van der Waals surface area contributed by atoms with Gasteiger partial charge in [-0.25, -0.2) is 0 Å². The van der Waals surface area contributed by atoms with Gasteiger partial charge in [0.05, 0.1) is 0 Å². The van der Waals surface area contributed by atoms with Gasteiger partial charge in [0.15, 0.2) is 0 Å². The molecule has 12 rings (SSSR count). The summed E-state index contributed by atoms with van der Waals surface area (Å²) in [4.78, 5) is 0. The second kappa shape index (κ2) is 13.0. The monoisotopic (exact) mass is 768 g/mol. The molecule has 0 nitrogen and oxygen atoms in total. The Morgan fingerprint density at radius 2 is 1.15 bits per heavy atom. The van der Waals surface area contributed by atoms with Gasteiger partial charge in [-0.05, 0) is 147 Å². The minimum atomic E-state index is 0.00929. The Bertz CT molecular complexity index is 3260. The molecule has 0 fully saturated rings. The first-order valence-corrected chi connectivity index (χ1v) is 21.9. The maximum Gasteiger partial charge on any atom is 0.0121 e. The third kappa shape index (κ3) is 5.10. The molecule has 0 N–H and O–H groups in total. The van der Waals surface area contributed by atoms with Crippen molar-refractivity contribution in [2.45, 2.75) is 57.3 Å². The average molecular weight is 769 g/mol. The van der Waals surface area contributed by atoms with Gasteiger partial charge >= 0.3 is 0 Å². The quantitative estimate of drug-likeness (QED) is 0.156. The second-order valence-electron chi connectivity index (χ2n) is 18.7. The Morgan fingerprint density at radius 1 is 0.483 bits per heavy atom. The standard InChI is InChI=1S/C60H48/c1-59(2)53-23-13-11-18-44(53)46-30-28-41(35-55(46)59)43-17-7-8-20-48(43)58-50-22-10-9-21-49(50)57(42-29-31-47-45-19-12-14-24-54(45)60(3,4)56(47)36-42)52-34-40(27-32-51(52)58)39-26-25-37-15-5-6-16-38(37)33-39/h5-12,14-22,24-36,45,54H,13,23H2,1-4H3. The molecule has 0 heteroatoms. The summed E-state index contributed by atoms with van der Waals surface area (Å²) in [5, 5.41) is 7.67. The van der Waals surface area contributed by atoms with Gasteiger partial charge in [0, 0.05) is 11.3 Å². The first-order valence-electron chi connectivity index (χ1n) is 21.9. The molecule has 8 aromatic carbocycles. The Labute approximate surface area is 353 Å². The number of fused-ring (bicyclic) bond motifs is 8. The summed E-state index contributed by atoms with van der Waals surface area (Å²) in [6, 6.07) is 55.9. The Hall–Kier alpha value is -6.50. The molecule has 0 aliphatic heterocycles. The van der Waals surface area contributed by atoms with Crippen LogP contribution in [0.25, 0.3) is 82.4 Å². The van der Waals surface area contributed by atoms with Crippen molar-refractivity contribution in [2.75, 3.05) is 0 Å². The Morgan fingerprint density at radius 3 is 2.02 bits per heavy atom. The second-order valence-corrected chi connectivity index (χ2v) is 18.7. The van der Waals surface area contributed by atoms with Crippen molar-refractivity contribution in [1.82, 2.24) is 0 Å². The van der Waals surface area contributed by atoms with Crippen molar-refractivity contribution >= 4 is 37.9 Å². The predicted octanol–water partition coefficient (Wildman–Crippen LogP) is 16.3. The molecule has 0 bridgehead atoms. The molecular formula is C60H48. The van der Waals surface area contributed by atoms with Crippen molar-refractivity contribution < 1.29 is 0 Å². The molecule has 288 valence electrons. The summed E-state index contributed by atoms with van der Waals surface area (Å²) >= 11 is 0. The lowest BCUT2D eigenvalue weighted by molar-refractivity contribution is 0.394. The molecular weight excluding hydrogens is 721 g/mol. The molecule has 2 unspecified atom stereocenters. The molecule has 0 saturated carbocycles. The van der Waals surface area contributed by atoms with Crippen molar-refractivity contribution in [1.29, 1.82) is 0 Å². The number of rotatable bonds is 4. The van der Waals surface area contributed by atoms with E-state index >= 15 is 0 Å². The first-order chi connectivity index (χ1) is 29.3. The van der Waals surface area contributed by atoms with E-state index in [0.717, 1.165) is 12.8 Å². The number of allylic oxidation sites excluding steroid dienone is 8. The summed E-state index contributed by atoms with van der Waals surface area (Å²) in [7, 11) is 0. The Balaban J connectivity index is 1.12. The highest BCUT2D eigenvalue weighted by molar-refractivity contribution is 6.23. The normalized spacial score (nSPS) is 19.2. The zero-order valence-corrected chi connectivity index (χ0v) is 34.9. The van der Waals surface area contributed by atoms with E-state index in [4.69, 9.17) is 0 Å². The van der Waals surface area contributed by atoms with E-state index in [2.05, 4.69) is 210 Å². The lowest BCUT2D eigenvalue weighted by Gasteiger charge is -2.29. The molecule has 0 spiro atoms. The summed E-state index contributed by atoms with van der Waals surface area (Å²) in [5.41, 5.74) is 19.0. The van der Waals surface area contributed by atoms with E-state index in [1.54, 1.807) is 5.57 Å². The van der Waals surface area contributed by atoms with Gasteiger partial charge in [-0.2, -0.15) is 0 Å². The lowest BCUT2D eigenvalue weighted by Crippen LogP contribution is -2.24. The minimum absolute atomic E-state index is 0.00929. The van der Waals surface area contributed by atoms with Crippen LogP contribution in [0.5, 0.6) is 0 Å². The van der Waals surface area contributed by atoms with Crippen LogP contribution in [0.15, 0.2) is 188 Å². The molecule has 60 heavy (non-hydrogen) atoms. The van der Waals surface area contributed by atoms with Crippen molar-refractivity contribution in [3.8, 4) is 44.5 Å². The van der Waals surface area contributed by atoms with Gasteiger partial charge < -0.3 is 0 Å². The molecule has 0 radical (unpaired) electrons. The molecule has 4 aliphatic carbocycles. The SMILES string of the molecule is CC1(C)C2=C(C=CCC2)c2ccc(-c3ccccc3-c3c4ccccc4c(-c4ccc5c(c4)C(C)(C)C4C=CC=CC54)c4cc(-c5ccc6ccccc6c5)ccc34)cc21. The van der Waals surface area contributed by atoms with Crippen LogP contribution in [-0.2, 0) is 10.8 Å². The molecule has 0 saturated heterocycles. The molecule has 4 aliphatic rings. The van der Waals surface area contributed by atoms with E-state index < -0.39 is 0 Å². The van der Waals surface area contributed by atoms with Crippen molar-refractivity contribution in [3.63, 3.8) is 0 Å². The maximum absolute atomic E-state index is 2.54.